The molecule has 1 saturated heterocycles. The summed E-state index contributed by atoms with van der Waals surface area (Å²) in [5.41, 5.74) is 5.74. The van der Waals surface area contributed by atoms with Gasteiger partial charge >= 0.3 is 0 Å². The molecule has 3 rings (SSSR count). The summed E-state index contributed by atoms with van der Waals surface area (Å²) >= 11 is 0. The van der Waals surface area contributed by atoms with Crippen LogP contribution in [0.2, 0.25) is 0 Å². The van der Waals surface area contributed by atoms with Gasteiger partial charge < -0.3 is 5.32 Å². The van der Waals surface area contributed by atoms with Gasteiger partial charge in [-0.3, -0.25) is 4.98 Å². The lowest BCUT2D eigenvalue weighted by Crippen LogP contribution is -2.27. The SMILES string of the molecule is Cc1cc2c(nc1C1CCNCC1)CCCC2. The number of pyridine rings is 1. The molecule has 2 nitrogen and oxygen atoms in total. The molecular formula is C15H22N2. The Morgan fingerprint density at radius 1 is 1.18 bits per heavy atom. The molecule has 1 aliphatic carbocycles. The molecule has 92 valence electrons. The molecule has 2 heterocycles. The van der Waals surface area contributed by atoms with Gasteiger partial charge in [0, 0.05) is 17.3 Å². The van der Waals surface area contributed by atoms with Crippen LogP contribution in [-0.4, -0.2) is 18.1 Å². The van der Waals surface area contributed by atoms with Crippen molar-refractivity contribution in [2.75, 3.05) is 13.1 Å². The summed E-state index contributed by atoms with van der Waals surface area (Å²) in [6.07, 6.45) is 7.64. The Hall–Kier alpha value is -0.890. The number of hydrogen-bond acceptors (Lipinski definition) is 2. The van der Waals surface area contributed by atoms with E-state index in [0.717, 1.165) is 13.1 Å². The molecule has 1 N–H and O–H groups in total. The summed E-state index contributed by atoms with van der Waals surface area (Å²) < 4.78 is 0. The van der Waals surface area contributed by atoms with E-state index in [4.69, 9.17) is 4.98 Å². The largest absolute Gasteiger partial charge is 0.317 e. The molecule has 1 aromatic heterocycles. The number of aromatic nitrogens is 1. The maximum absolute atomic E-state index is 5.01. The van der Waals surface area contributed by atoms with E-state index in [1.165, 1.54) is 61.0 Å². The van der Waals surface area contributed by atoms with Crippen molar-refractivity contribution in [2.24, 2.45) is 0 Å². The van der Waals surface area contributed by atoms with Crippen LogP contribution in [0.1, 0.15) is 54.1 Å². The van der Waals surface area contributed by atoms with Gasteiger partial charge in [0.2, 0.25) is 0 Å². The average molecular weight is 230 g/mol. The fourth-order valence-electron chi connectivity index (χ4n) is 3.27. The van der Waals surface area contributed by atoms with Crippen LogP contribution in [0, 0.1) is 6.92 Å². The first kappa shape index (κ1) is 11.2. The highest BCUT2D eigenvalue weighted by Crippen LogP contribution is 2.29. The van der Waals surface area contributed by atoms with Crippen molar-refractivity contribution in [1.82, 2.24) is 10.3 Å². The predicted molar refractivity (Wildman–Crippen MR) is 70.5 cm³/mol. The highest BCUT2D eigenvalue weighted by atomic mass is 14.9. The Labute approximate surface area is 104 Å². The molecular weight excluding hydrogens is 208 g/mol. The third kappa shape index (κ3) is 2.23. The quantitative estimate of drug-likeness (QED) is 0.802. The number of fused-ring (bicyclic) bond motifs is 1. The second-order valence-electron chi connectivity index (χ2n) is 5.53. The number of rotatable bonds is 1. The van der Waals surface area contributed by atoms with Crippen LogP contribution in [0.4, 0.5) is 0 Å². The van der Waals surface area contributed by atoms with E-state index in [9.17, 15) is 0 Å². The monoisotopic (exact) mass is 230 g/mol. The first-order valence-electron chi connectivity index (χ1n) is 7.04. The van der Waals surface area contributed by atoms with Gasteiger partial charge in [0.1, 0.15) is 0 Å². The van der Waals surface area contributed by atoms with E-state index in [2.05, 4.69) is 18.3 Å². The van der Waals surface area contributed by atoms with Crippen molar-refractivity contribution in [3.05, 3.63) is 28.6 Å². The molecule has 0 bridgehead atoms. The van der Waals surface area contributed by atoms with Gasteiger partial charge in [0.05, 0.1) is 0 Å². The van der Waals surface area contributed by atoms with Crippen LogP contribution in [0.15, 0.2) is 6.07 Å². The normalized spacial score (nSPS) is 21.2. The predicted octanol–water partition coefficient (Wildman–Crippen LogP) is 2.74. The third-order valence-electron chi connectivity index (χ3n) is 4.26. The standard InChI is InChI=1S/C15H22N2/c1-11-10-13-4-2-3-5-14(13)17-15(11)12-6-8-16-9-7-12/h10,12,16H,2-9H2,1H3. The average Bonchev–Trinajstić information content (AvgIpc) is 2.39. The van der Waals surface area contributed by atoms with Crippen molar-refractivity contribution in [3.63, 3.8) is 0 Å². The molecule has 0 amide bonds. The maximum atomic E-state index is 5.01. The lowest BCUT2D eigenvalue weighted by Gasteiger charge is -2.26. The summed E-state index contributed by atoms with van der Waals surface area (Å²) in [4.78, 5) is 5.01. The third-order valence-corrected chi connectivity index (χ3v) is 4.26. The van der Waals surface area contributed by atoms with E-state index in [1.54, 1.807) is 0 Å². The van der Waals surface area contributed by atoms with Crippen LogP contribution >= 0.6 is 0 Å². The summed E-state index contributed by atoms with van der Waals surface area (Å²) in [7, 11) is 0. The van der Waals surface area contributed by atoms with Gasteiger partial charge in [-0.05, 0) is 69.7 Å². The van der Waals surface area contributed by atoms with Gasteiger partial charge in [0.25, 0.3) is 0 Å². The fourth-order valence-corrected chi connectivity index (χ4v) is 3.27. The van der Waals surface area contributed by atoms with E-state index < -0.39 is 0 Å². The summed E-state index contributed by atoms with van der Waals surface area (Å²) in [6.45, 7) is 4.56. The molecule has 0 saturated carbocycles. The zero-order valence-corrected chi connectivity index (χ0v) is 10.8. The Morgan fingerprint density at radius 3 is 2.76 bits per heavy atom. The zero-order valence-electron chi connectivity index (χ0n) is 10.8. The summed E-state index contributed by atoms with van der Waals surface area (Å²) in [5, 5.41) is 3.44. The van der Waals surface area contributed by atoms with Crippen molar-refractivity contribution < 1.29 is 0 Å². The van der Waals surface area contributed by atoms with Crippen molar-refractivity contribution in [1.29, 1.82) is 0 Å². The Bertz CT molecular complexity index is 406. The van der Waals surface area contributed by atoms with Crippen LogP contribution in [0.25, 0.3) is 0 Å². The van der Waals surface area contributed by atoms with Crippen LogP contribution in [0.5, 0.6) is 0 Å². The van der Waals surface area contributed by atoms with Gasteiger partial charge in [0.15, 0.2) is 0 Å². The lowest BCUT2D eigenvalue weighted by molar-refractivity contribution is 0.450. The minimum absolute atomic E-state index is 0.698. The van der Waals surface area contributed by atoms with Gasteiger partial charge in [-0.2, -0.15) is 0 Å². The summed E-state index contributed by atoms with van der Waals surface area (Å²) in [5.74, 6) is 0.698. The molecule has 2 aliphatic rings. The number of nitrogens with zero attached hydrogens (tertiary/aromatic N) is 1. The molecule has 0 unspecified atom stereocenters. The molecule has 0 radical (unpaired) electrons. The van der Waals surface area contributed by atoms with Gasteiger partial charge in [-0.25, -0.2) is 0 Å². The molecule has 0 atom stereocenters. The molecule has 1 aromatic rings. The number of nitrogens with one attached hydrogen (secondary N) is 1. The molecule has 1 fully saturated rings. The lowest BCUT2D eigenvalue weighted by atomic mass is 9.88. The minimum atomic E-state index is 0.698. The highest BCUT2D eigenvalue weighted by Gasteiger charge is 2.21. The first-order valence-corrected chi connectivity index (χ1v) is 7.04. The Morgan fingerprint density at radius 2 is 1.94 bits per heavy atom. The molecule has 0 aromatic carbocycles. The van der Waals surface area contributed by atoms with Crippen molar-refractivity contribution in [3.8, 4) is 0 Å². The fraction of sp³-hybridized carbons (Fsp3) is 0.667. The minimum Gasteiger partial charge on any atom is -0.317 e. The Kier molecular flexibility index (Phi) is 3.15. The Balaban J connectivity index is 1.93. The topological polar surface area (TPSA) is 24.9 Å². The second kappa shape index (κ2) is 4.77. The van der Waals surface area contributed by atoms with Crippen LogP contribution < -0.4 is 5.32 Å². The smallest absolute Gasteiger partial charge is 0.0468 e. The zero-order chi connectivity index (χ0) is 11.7. The highest BCUT2D eigenvalue weighted by molar-refractivity contribution is 5.33. The summed E-state index contributed by atoms with van der Waals surface area (Å²) in [6, 6.07) is 2.42. The van der Waals surface area contributed by atoms with Crippen molar-refractivity contribution in [2.45, 2.75) is 51.4 Å². The van der Waals surface area contributed by atoms with E-state index in [1.807, 2.05) is 0 Å². The van der Waals surface area contributed by atoms with Gasteiger partial charge in [-0.1, -0.05) is 6.07 Å². The molecule has 0 spiro atoms. The molecule has 2 heteroatoms. The molecule has 17 heavy (non-hydrogen) atoms. The van der Waals surface area contributed by atoms with Crippen LogP contribution in [-0.2, 0) is 12.8 Å². The second-order valence-corrected chi connectivity index (χ2v) is 5.53. The van der Waals surface area contributed by atoms with E-state index >= 15 is 0 Å². The number of aryl methyl sites for hydroxylation is 3. The maximum Gasteiger partial charge on any atom is 0.0468 e. The van der Waals surface area contributed by atoms with Crippen LogP contribution in [0.3, 0.4) is 0 Å². The number of piperidine rings is 1. The van der Waals surface area contributed by atoms with Crippen molar-refractivity contribution >= 4 is 0 Å². The first-order chi connectivity index (χ1) is 8.34. The van der Waals surface area contributed by atoms with E-state index in [-0.39, 0.29) is 0 Å². The van der Waals surface area contributed by atoms with Gasteiger partial charge in [-0.15, -0.1) is 0 Å². The number of hydrogen-bond donors (Lipinski definition) is 1. The molecule has 1 aliphatic heterocycles. The van der Waals surface area contributed by atoms with E-state index in [0.29, 0.717) is 5.92 Å².